The molecule has 3 N–H and O–H groups in total. The predicted molar refractivity (Wildman–Crippen MR) is 125 cm³/mol. The third-order valence-electron chi connectivity index (χ3n) is 6.03. The van der Waals surface area contributed by atoms with Crippen LogP contribution in [0.2, 0.25) is 0 Å². The van der Waals surface area contributed by atoms with E-state index in [2.05, 4.69) is 25.5 Å². The molecule has 2 bridgehead atoms. The molecule has 37 heavy (non-hydrogen) atoms. The van der Waals surface area contributed by atoms with E-state index >= 15 is 0 Å². The minimum atomic E-state index is -4.52. The Morgan fingerprint density at radius 2 is 2.11 bits per heavy atom. The smallest absolute Gasteiger partial charge is 0.416 e. The van der Waals surface area contributed by atoms with Crippen molar-refractivity contribution in [3.8, 4) is 17.3 Å². The van der Waals surface area contributed by atoms with Gasteiger partial charge < -0.3 is 25.2 Å². The van der Waals surface area contributed by atoms with E-state index < -0.39 is 30.5 Å². The second kappa shape index (κ2) is 9.78. The second-order valence-corrected chi connectivity index (χ2v) is 8.60. The molecular weight excluding hydrogens is 495 g/mol. The summed E-state index contributed by atoms with van der Waals surface area (Å²) in [5, 5.41) is 28.6. The number of carbonyl (C=O) groups excluding carboxylic acids is 1. The number of benzene rings is 1. The maximum Gasteiger partial charge on any atom is 0.416 e. The van der Waals surface area contributed by atoms with Crippen molar-refractivity contribution >= 4 is 23.2 Å². The first kappa shape index (κ1) is 24.6. The number of ether oxygens (including phenoxy) is 1. The Bertz CT molecular complexity index is 1310. The van der Waals surface area contributed by atoms with E-state index in [1.165, 1.54) is 35.5 Å². The van der Waals surface area contributed by atoms with Crippen molar-refractivity contribution in [3.63, 3.8) is 0 Å². The number of amides is 2. The van der Waals surface area contributed by atoms with Gasteiger partial charge in [-0.15, -0.1) is 5.10 Å². The van der Waals surface area contributed by atoms with E-state index in [9.17, 15) is 23.1 Å². The lowest BCUT2D eigenvalue weighted by Gasteiger charge is -2.35. The van der Waals surface area contributed by atoms with Crippen LogP contribution in [0.4, 0.5) is 35.2 Å². The molecule has 5 rings (SSSR count). The van der Waals surface area contributed by atoms with Gasteiger partial charge in [-0.05, 0) is 18.6 Å². The molecule has 14 heteroatoms. The van der Waals surface area contributed by atoms with Gasteiger partial charge in [-0.25, -0.2) is 14.8 Å². The second-order valence-electron chi connectivity index (χ2n) is 8.60. The first-order chi connectivity index (χ1) is 17.7. The zero-order valence-electron chi connectivity index (χ0n) is 19.3. The summed E-state index contributed by atoms with van der Waals surface area (Å²) in [5.41, 5.74) is 0.229. The van der Waals surface area contributed by atoms with Gasteiger partial charge in [0, 0.05) is 24.7 Å². The Kier molecular flexibility index (Phi) is 6.52. The van der Waals surface area contributed by atoms with Crippen LogP contribution in [0.25, 0.3) is 11.4 Å². The van der Waals surface area contributed by atoms with Crippen LogP contribution in [0.15, 0.2) is 42.7 Å². The largest absolute Gasteiger partial charge is 0.474 e. The van der Waals surface area contributed by atoms with E-state index in [1.54, 1.807) is 0 Å². The number of nitrogens with zero attached hydrogens (tertiary/aromatic N) is 6. The average Bonchev–Trinajstić information content (AvgIpc) is 3.31. The van der Waals surface area contributed by atoms with Gasteiger partial charge in [0.1, 0.15) is 12.7 Å². The fourth-order valence-electron chi connectivity index (χ4n) is 4.25. The standard InChI is InChI=1S/C23H22F3N7O4/c24-23(25,26)14-3-1-2-13(6-14)20-27-9-18-21(30-20)33(16-4-5-32(18)10-16)22(36)29-15-7-19(31-28-8-15)37-12-17(35)11-34/h1-3,6-9,16-17,34-35H,4-5,10-12H2,(H,29,31,36)/t16?,17-/m0/s1. The molecule has 1 fully saturated rings. The summed E-state index contributed by atoms with van der Waals surface area (Å²) in [5.74, 6) is 0.387. The van der Waals surface area contributed by atoms with Crippen LogP contribution in [0.1, 0.15) is 12.0 Å². The molecule has 194 valence electrons. The summed E-state index contributed by atoms with van der Waals surface area (Å²) < 4.78 is 45.0. The Balaban J connectivity index is 1.42. The number of alkyl halides is 3. The van der Waals surface area contributed by atoms with E-state index in [-0.39, 0.29) is 35.6 Å². The van der Waals surface area contributed by atoms with E-state index in [4.69, 9.17) is 9.84 Å². The fraction of sp³-hybridized carbons (Fsp3) is 0.348. The van der Waals surface area contributed by atoms with Crippen LogP contribution in [-0.4, -0.2) is 74.9 Å². The van der Waals surface area contributed by atoms with Crippen LogP contribution in [-0.2, 0) is 6.18 Å². The molecule has 11 nitrogen and oxygen atoms in total. The maximum atomic E-state index is 13.4. The molecule has 2 aromatic heterocycles. The molecule has 4 heterocycles. The molecule has 2 atom stereocenters. The van der Waals surface area contributed by atoms with Gasteiger partial charge in [0.25, 0.3) is 0 Å². The SMILES string of the molecule is O=C(Nc1cnnc(OC[C@@H](O)CO)c1)N1c2nc(-c3cccc(C(F)(F)F)c3)ncc2N2CCC1C2. The number of aliphatic hydroxyl groups excluding tert-OH is 2. The number of aliphatic hydroxyl groups is 2. The van der Waals surface area contributed by atoms with Crippen molar-refractivity contribution in [2.45, 2.75) is 24.7 Å². The van der Waals surface area contributed by atoms with Crippen molar-refractivity contribution < 1.29 is 32.9 Å². The highest BCUT2D eigenvalue weighted by molar-refractivity contribution is 6.04. The molecule has 0 radical (unpaired) electrons. The highest BCUT2D eigenvalue weighted by atomic mass is 19.4. The highest BCUT2D eigenvalue weighted by Crippen LogP contribution is 2.40. The van der Waals surface area contributed by atoms with E-state index in [0.29, 0.717) is 31.0 Å². The summed E-state index contributed by atoms with van der Waals surface area (Å²) >= 11 is 0. The highest BCUT2D eigenvalue weighted by Gasteiger charge is 2.41. The number of rotatable bonds is 6. The van der Waals surface area contributed by atoms with Crippen LogP contribution in [0, 0.1) is 0 Å². The monoisotopic (exact) mass is 517 g/mol. The molecule has 3 aromatic rings. The van der Waals surface area contributed by atoms with Crippen LogP contribution >= 0.6 is 0 Å². The lowest BCUT2D eigenvalue weighted by Crippen LogP contribution is -2.48. The summed E-state index contributed by atoms with van der Waals surface area (Å²) in [4.78, 5) is 25.7. The summed E-state index contributed by atoms with van der Waals surface area (Å²) in [7, 11) is 0. The number of halogens is 3. The molecule has 0 spiro atoms. The first-order valence-corrected chi connectivity index (χ1v) is 11.4. The Morgan fingerprint density at radius 3 is 2.89 bits per heavy atom. The maximum absolute atomic E-state index is 13.4. The number of fused-ring (bicyclic) bond motifs is 4. The number of hydrogen-bond acceptors (Lipinski definition) is 9. The Hall–Kier alpha value is -4.04. The first-order valence-electron chi connectivity index (χ1n) is 11.4. The fourth-order valence-corrected chi connectivity index (χ4v) is 4.25. The van der Waals surface area contributed by atoms with E-state index in [1.807, 2.05) is 4.90 Å². The van der Waals surface area contributed by atoms with Gasteiger partial charge in [0.2, 0.25) is 5.88 Å². The molecule has 0 saturated carbocycles. The molecular formula is C23H22F3N7O4. The topological polar surface area (TPSA) is 137 Å². The van der Waals surface area contributed by atoms with Crippen molar-refractivity contribution in [1.29, 1.82) is 0 Å². The third-order valence-corrected chi connectivity index (χ3v) is 6.03. The van der Waals surface area contributed by atoms with Crippen molar-refractivity contribution in [3.05, 3.63) is 48.3 Å². The number of carbonyl (C=O) groups is 1. The van der Waals surface area contributed by atoms with Gasteiger partial charge >= 0.3 is 12.2 Å². The molecule has 1 aromatic carbocycles. The normalized spacial score (nSPS) is 17.4. The Labute approximate surface area is 208 Å². The van der Waals surface area contributed by atoms with Gasteiger partial charge in [-0.3, -0.25) is 4.90 Å². The molecule has 2 aliphatic rings. The van der Waals surface area contributed by atoms with Gasteiger partial charge in [-0.2, -0.15) is 18.3 Å². The molecule has 1 unspecified atom stereocenters. The van der Waals surface area contributed by atoms with Crippen LogP contribution in [0.3, 0.4) is 0 Å². The van der Waals surface area contributed by atoms with Crippen molar-refractivity contribution in [2.24, 2.45) is 0 Å². The zero-order valence-corrected chi connectivity index (χ0v) is 19.3. The van der Waals surface area contributed by atoms with E-state index in [0.717, 1.165) is 12.1 Å². The molecule has 0 aliphatic carbocycles. The lowest BCUT2D eigenvalue weighted by atomic mass is 10.1. The van der Waals surface area contributed by atoms with Gasteiger partial charge in [-0.1, -0.05) is 12.1 Å². The van der Waals surface area contributed by atoms with Crippen LogP contribution in [0.5, 0.6) is 5.88 Å². The molecule has 1 saturated heterocycles. The molecule has 2 amide bonds. The third kappa shape index (κ3) is 5.11. The van der Waals surface area contributed by atoms with Gasteiger partial charge in [0.05, 0.1) is 42.0 Å². The number of aromatic nitrogens is 4. The van der Waals surface area contributed by atoms with Crippen LogP contribution < -0.4 is 19.9 Å². The quantitative estimate of drug-likeness (QED) is 0.450. The van der Waals surface area contributed by atoms with Gasteiger partial charge in [0.15, 0.2) is 11.6 Å². The summed E-state index contributed by atoms with van der Waals surface area (Å²) in [6.45, 7) is 0.542. The lowest BCUT2D eigenvalue weighted by molar-refractivity contribution is -0.137. The number of anilines is 3. The average molecular weight is 517 g/mol. The number of nitrogens with one attached hydrogen (secondary N) is 1. The minimum absolute atomic E-state index is 0.0329. The number of hydrogen-bond donors (Lipinski definition) is 3. The zero-order chi connectivity index (χ0) is 26.2. The van der Waals surface area contributed by atoms with Crippen molar-refractivity contribution in [2.75, 3.05) is 41.4 Å². The minimum Gasteiger partial charge on any atom is -0.474 e. The summed E-state index contributed by atoms with van der Waals surface area (Å²) in [6.07, 6.45) is -2.11. The van der Waals surface area contributed by atoms with Crippen molar-refractivity contribution in [1.82, 2.24) is 20.2 Å². The predicted octanol–water partition coefficient (Wildman–Crippen LogP) is 2.32. The number of urea groups is 1. The molecule has 2 aliphatic heterocycles. The summed E-state index contributed by atoms with van der Waals surface area (Å²) in [6, 6.07) is 5.40. The Morgan fingerprint density at radius 1 is 1.27 bits per heavy atom.